The van der Waals surface area contributed by atoms with Crippen molar-refractivity contribution in [3.63, 3.8) is 0 Å². The molecule has 0 spiro atoms. The van der Waals surface area contributed by atoms with Gasteiger partial charge in [-0.2, -0.15) is 0 Å². The van der Waals surface area contributed by atoms with Crippen LogP contribution in [-0.4, -0.2) is 37.4 Å². The molecule has 5 rings (SSSR count). The third kappa shape index (κ3) is 4.83. The predicted molar refractivity (Wildman–Crippen MR) is 145 cm³/mol. The Bertz CT molecular complexity index is 1370. The van der Waals surface area contributed by atoms with Crippen LogP contribution in [0.25, 0.3) is 10.8 Å². The van der Waals surface area contributed by atoms with Crippen molar-refractivity contribution >= 4 is 40.5 Å². The molecule has 36 heavy (non-hydrogen) atoms. The summed E-state index contributed by atoms with van der Waals surface area (Å²) in [6.07, 6.45) is -0.152. The van der Waals surface area contributed by atoms with Crippen LogP contribution in [0.15, 0.2) is 84.9 Å². The largest absolute Gasteiger partial charge is 0.494 e. The van der Waals surface area contributed by atoms with Crippen LogP contribution in [0, 0.1) is 0 Å². The lowest BCUT2D eigenvalue weighted by atomic mass is 9.99. The van der Waals surface area contributed by atoms with Gasteiger partial charge in [0, 0.05) is 12.6 Å². The van der Waals surface area contributed by atoms with Gasteiger partial charge >= 0.3 is 5.97 Å². The van der Waals surface area contributed by atoms with Crippen LogP contribution in [0.2, 0.25) is 0 Å². The van der Waals surface area contributed by atoms with Gasteiger partial charge in [0.1, 0.15) is 17.4 Å². The fourth-order valence-electron chi connectivity index (χ4n) is 4.80. The lowest BCUT2D eigenvalue weighted by Gasteiger charge is -2.37. The van der Waals surface area contributed by atoms with E-state index in [1.54, 1.807) is 12.1 Å². The minimum atomic E-state index is -1.02. The highest BCUT2D eigenvalue weighted by Crippen LogP contribution is 2.42. The summed E-state index contributed by atoms with van der Waals surface area (Å²) in [5.41, 5.74) is 2.96. The molecule has 1 unspecified atom stereocenters. The Labute approximate surface area is 216 Å². The zero-order valence-corrected chi connectivity index (χ0v) is 21.0. The topological polar surface area (TPSA) is 71.0 Å². The van der Waals surface area contributed by atoms with E-state index in [2.05, 4.69) is 59.6 Å². The maximum absolute atomic E-state index is 11.8. The first-order valence-corrected chi connectivity index (χ1v) is 11.7. The number of fused-ring (bicyclic) bond motifs is 2. The van der Waals surface area contributed by atoms with E-state index < -0.39 is 5.97 Å². The molecule has 1 aliphatic rings. The van der Waals surface area contributed by atoms with Gasteiger partial charge in [-0.1, -0.05) is 60.7 Å². The molecule has 4 aromatic carbocycles. The van der Waals surface area contributed by atoms with Gasteiger partial charge in [-0.05, 0) is 47.5 Å². The standard InChI is InChI=1S/C29H28N2O4.ClH/c1-19(22-12-7-10-20-9-3-4-11-23(20)22)30-17-21-18-31(25-14-5-6-16-27(25)35-21)26-15-8-13-24(29(32)33)28(26)34-2;/h3-16,19,21,30H,17-18H2,1-2H3,(H,32,33);1H/t19-,21?;/m1./s1. The van der Waals surface area contributed by atoms with Crippen LogP contribution in [0.3, 0.4) is 0 Å². The lowest BCUT2D eigenvalue weighted by Crippen LogP contribution is -2.44. The number of anilines is 2. The van der Waals surface area contributed by atoms with Gasteiger partial charge in [-0.25, -0.2) is 4.79 Å². The summed E-state index contributed by atoms with van der Waals surface area (Å²) >= 11 is 0. The number of carboxylic acids is 1. The van der Waals surface area contributed by atoms with E-state index in [4.69, 9.17) is 9.47 Å². The molecule has 4 aromatic rings. The van der Waals surface area contributed by atoms with Crippen LogP contribution >= 0.6 is 12.4 Å². The highest BCUT2D eigenvalue weighted by Gasteiger charge is 2.30. The van der Waals surface area contributed by atoms with Crippen molar-refractivity contribution in [2.75, 3.05) is 25.1 Å². The van der Waals surface area contributed by atoms with Gasteiger partial charge in [0.05, 0.1) is 25.0 Å². The molecular weight excluding hydrogens is 476 g/mol. The number of hydrogen-bond acceptors (Lipinski definition) is 5. The molecule has 0 fully saturated rings. The van der Waals surface area contributed by atoms with Crippen LogP contribution in [-0.2, 0) is 0 Å². The Morgan fingerprint density at radius 2 is 1.72 bits per heavy atom. The Morgan fingerprint density at radius 3 is 2.53 bits per heavy atom. The van der Waals surface area contributed by atoms with Crippen LogP contribution in [0.1, 0.15) is 28.9 Å². The molecular formula is C29H29ClN2O4. The van der Waals surface area contributed by atoms with Gasteiger partial charge in [-0.3, -0.25) is 0 Å². The molecule has 0 saturated carbocycles. The van der Waals surface area contributed by atoms with E-state index in [0.29, 0.717) is 24.5 Å². The monoisotopic (exact) mass is 504 g/mol. The van der Waals surface area contributed by atoms with Gasteiger partial charge in [0.2, 0.25) is 0 Å². The number of ether oxygens (including phenoxy) is 2. The first kappa shape index (κ1) is 25.4. The number of benzene rings is 4. The Balaban J connectivity index is 0.00000304. The number of carbonyl (C=O) groups is 1. The number of nitrogens with one attached hydrogen (secondary N) is 1. The molecule has 0 aliphatic carbocycles. The summed E-state index contributed by atoms with van der Waals surface area (Å²) in [5, 5.41) is 15.8. The van der Waals surface area contributed by atoms with Crippen LogP contribution in [0.4, 0.5) is 11.4 Å². The minimum Gasteiger partial charge on any atom is -0.494 e. The average molecular weight is 505 g/mol. The summed E-state index contributed by atoms with van der Waals surface area (Å²) in [5.74, 6) is 0.0751. The molecule has 1 aliphatic heterocycles. The maximum Gasteiger partial charge on any atom is 0.339 e. The van der Waals surface area contributed by atoms with E-state index in [1.807, 2.05) is 30.3 Å². The van der Waals surface area contributed by atoms with E-state index >= 15 is 0 Å². The highest BCUT2D eigenvalue weighted by molar-refractivity contribution is 5.94. The summed E-state index contributed by atoms with van der Waals surface area (Å²) in [6.45, 7) is 3.33. The molecule has 2 atom stereocenters. The summed E-state index contributed by atoms with van der Waals surface area (Å²) < 4.78 is 11.9. The number of rotatable bonds is 7. The minimum absolute atomic E-state index is 0. The second-order valence-corrected chi connectivity index (χ2v) is 8.68. The Hall–Kier alpha value is -3.74. The molecule has 186 valence electrons. The van der Waals surface area contributed by atoms with Crippen molar-refractivity contribution in [2.45, 2.75) is 19.1 Å². The SMILES string of the molecule is COc1c(C(=O)O)cccc1N1CC(CN[C@H](C)c2cccc3ccccc23)Oc2ccccc21.Cl. The molecule has 7 heteroatoms. The number of hydrogen-bond donors (Lipinski definition) is 2. The van der Waals surface area contributed by atoms with Gasteiger partial charge in [0.15, 0.2) is 5.75 Å². The number of para-hydroxylation sites is 3. The zero-order valence-electron chi connectivity index (χ0n) is 20.2. The number of methoxy groups -OCH3 is 1. The third-order valence-corrected chi connectivity index (χ3v) is 6.50. The molecule has 1 heterocycles. The van der Waals surface area contributed by atoms with E-state index in [1.165, 1.54) is 23.4 Å². The van der Waals surface area contributed by atoms with E-state index in [9.17, 15) is 9.90 Å². The summed E-state index contributed by atoms with van der Waals surface area (Å²) in [7, 11) is 1.50. The Morgan fingerprint density at radius 1 is 1.03 bits per heavy atom. The first-order valence-electron chi connectivity index (χ1n) is 11.7. The van der Waals surface area contributed by atoms with Gasteiger partial charge in [-0.15, -0.1) is 12.4 Å². The molecule has 2 N–H and O–H groups in total. The fourth-order valence-corrected chi connectivity index (χ4v) is 4.80. The quantitative estimate of drug-likeness (QED) is 0.311. The zero-order chi connectivity index (χ0) is 24.4. The van der Waals surface area contributed by atoms with E-state index in [-0.39, 0.29) is 30.1 Å². The number of halogens is 1. The van der Waals surface area contributed by atoms with Crippen molar-refractivity contribution in [3.8, 4) is 11.5 Å². The number of aromatic carboxylic acids is 1. The molecule has 0 saturated heterocycles. The smallest absolute Gasteiger partial charge is 0.339 e. The maximum atomic E-state index is 11.8. The lowest BCUT2D eigenvalue weighted by molar-refractivity contribution is 0.0693. The van der Waals surface area contributed by atoms with Gasteiger partial charge in [0.25, 0.3) is 0 Å². The molecule has 0 aromatic heterocycles. The van der Waals surface area contributed by atoms with Crippen LogP contribution < -0.4 is 19.7 Å². The fraction of sp³-hybridized carbons (Fsp3) is 0.207. The van der Waals surface area contributed by atoms with E-state index in [0.717, 1.165) is 11.4 Å². The summed E-state index contributed by atoms with van der Waals surface area (Å²) in [4.78, 5) is 13.9. The Kier molecular flexibility index (Phi) is 7.67. The highest BCUT2D eigenvalue weighted by atomic mass is 35.5. The van der Waals surface area contributed by atoms with Crippen molar-refractivity contribution in [1.29, 1.82) is 0 Å². The number of carboxylic acid groups (broad SMARTS) is 1. The summed E-state index contributed by atoms with van der Waals surface area (Å²) in [6, 6.07) is 27.9. The molecule has 0 radical (unpaired) electrons. The van der Waals surface area contributed by atoms with Crippen molar-refractivity contribution in [2.24, 2.45) is 0 Å². The normalized spacial score (nSPS) is 15.4. The second kappa shape index (κ2) is 10.9. The molecule has 0 amide bonds. The molecule has 6 nitrogen and oxygen atoms in total. The molecule has 0 bridgehead atoms. The van der Waals surface area contributed by atoms with Crippen molar-refractivity contribution < 1.29 is 19.4 Å². The third-order valence-electron chi connectivity index (χ3n) is 6.50. The second-order valence-electron chi connectivity index (χ2n) is 8.68. The average Bonchev–Trinajstić information content (AvgIpc) is 2.90. The van der Waals surface area contributed by atoms with Crippen LogP contribution in [0.5, 0.6) is 11.5 Å². The predicted octanol–water partition coefficient (Wildman–Crippen LogP) is 6.22. The van der Waals surface area contributed by atoms with Gasteiger partial charge < -0.3 is 24.8 Å². The first-order chi connectivity index (χ1) is 17.1. The number of nitrogens with zero attached hydrogens (tertiary/aromatic N) is 1. The van der Waals surface area contributed by atoms with Crippen molar-refractivity contribution in [1.82, 2.24) is 5.32 Å². The van der Waals surface area contributed by atoms with Crippen molar-refractivity contribution in [3.05, 3.63) is 96.1 Å².